The summed E-state index contributed by atoms with van der Waals surface area (Å²) >= 11 is 0. The minimum Gasteiger partial charge on any atom is -0.397 e. The quantitative estimate of drug-likeness (QED) is 0.719. The van der Waals surface area contributed by atoms with Crippen molar-refractivity contribution in [3.8, 4) is 0 Å². The maximum atomic E-state index is 13.6. The molecule has 0 atom stereocenters. The van der Waals surface area contributed by atoms with Crippen molar-refractivity contribution in [1.29, 1.82) is 0 Å². The molecule has 2 aromatic rings. The number of anilines is 1. The lowest BCUT2D eigenvalue weighted by molar-refractivity contribution is 0.335. The van der Waals surface area contributed by atoms with Crippen LogP contribution < -0.4 is 5.73 Å². The van der Waals surface area contributed by atoms with E-state index in [1.54, 1.807) is 12.3 Å². The molecule has 2 rings (SSSR count). The van der Waals surface area contributed by atoms with E-state index in [2.05, 4.69) is 9.97 Å². The highest BCUT2D eigenvalue weighted by molar-refractivity contribution is 5.83. The van der Waals surface area contributed by atoms with Crippen molar-refractivity contribution in [2.75, 3.05) is 5.73 Å². The Morgan fingerprint density at radius 1 is 1.40 bits per heavy atom. The van der Waals surface area contributed by atoms with E-state index in [1.165, 1.54) is 4.57 Å². The van der Waals surface area contributed by atoms with Crippen LogP contribution in [0.3, 0.4) is 0 Å². The molecule has 0 aliphatic heterocycles. The lowest BCUT2D eigenvalue weighted by Gasteiger charge is -2.21. The minimum atomic E-state index is -0.553. The van der Waals surface area contributed by atoms with Crippen LogP contribution in [-0.2, 0) is 5.54 Å². The van der Waals surface area contributed by atoms with Crippen LogP contribution in [0.2, 0.25) is 0 Å². The molecule has 0 amide bonds. The summed E-state index contributed by atoms with van der Waals surface area (Å²) < 4.78 is 15.1. The summed E-state index contributed by atoms with van der Waals surface area (Å²) in [6, 6.07) is 1.61. The van der Waals surface area contributed by atoms with Crippen LogP contribution >= 0.6 is 0 Å². The average molecular weight is 208 g/mol. The molecular weight excluding hydrogens is 195 g/mol. The summed E-state index contributed by atoms with van der Waals surface area (Å²) in [4.78, 5) is 7.90. The molecule has 0 fully saturated rings. The van der Waals surface area contributed by atoms with Gasteiger partial charge < -0.3 is 5.73 Å². The van der Waals surface area contributed by atoms with Crippen LogP contribution in [0.5, 0.6) is 0 Å². The predicted octanol–water partition coefficient (Wildman–Crippen LogP) is 1.91. The van der Waals surface area contributed by atoms with Gasteiger partial charge in [-0.2, -0.15) is 9.37 Å². The number of hydrogen-bond donors (Lipinski definition) is 1. The van der Waals surface area contributed by atoms with Crippen LogP contribution in [-0.4, -0.2) is 14.5 Å². The lowest BCUT2D eigenvalue weighted by Crippen LogP contribution is -2.23. The number of fused-ring (bicyclic) bond motifs is 1. The summed E-state index contributed by atoms with van der Waals surface area (Å²) in [6.07, 6.45) is 1.00. The van der Waals surface area contributed by atoms with Gasteiger partial charge in [0.1, 0.15) is 5.52 Å². The van der Waals surface area contributed by atoms with Crippen LogP contribution in [0.15, 0.2) is 12.3 Å². The second kappa shape index (κ2) is 2.92. The first kappa shape index (κ1) is 9.89. The van der Waals surface area contributed by atoms with Gasteiger partial charge in [-0.05, 0) is 26.8 Å². The molecule has 4 nitrogen and oxygen atoms in total. The van der Waals surface area contributed by atoms with E-state index >= 15 is 0 Å². The third-order valence-electron chi connectivity index (χ3n) is 2.21. The van der Waals surface area contributed by atoms with Gasteiger partial charge >= 0.3 is 0 Å². The van der Waals surface area contributed by atoms with Crippen molar-refractivity contribution in [2.45, 2.75) is 26.3 Å². The SMILES string of the molecule is CC(C)(C)n1c(F)nc2c(N)ccnc21. The van der Waals surface area contributed by atoms with Crippen molar-refractivity contribution < 1.29 is 4.39 Å². The Morgan fingerprint density at radius 2 is 2.07 bits per heavy atom. The maximum Gasteiger partial charge on any atom is 0.292 e. The Bertz CT molecular complexity index is 510. The van der Waals surface area contributed by atoms with Crippen molar-refractivity contribution >= 4 is 16.9 Å². The molecule has 2 N–H and O–H groups in total. The molecule has 2 aromatic heterocycles. The molecule has 0 aliphatic carbocycles. The Balaban J connectivity index is 2.86. The molecule has 2 heterocycles. The molecule has 0 radical (unpaired) electrons. The number of pyridine rings is 1. The van der Waals surface area contributed by atoms with Gasteiger partial charge in [0, 0.05) is 11.7 Å². The number of halogens is 1. The molecule has 0 aliphatic rings. The second-order valence-corrected chi connectivity index (χ2v) is 4.46. The van der Waals surface area contributed by atoms with Crippen LogP contribution in [0.1, 0.15) is 20.8 Å². The van der Waals surface area contributed by atoms with E-state index in [0.717, 1.165) is 0 Å². The van der Waals surface area contributed by atoms with Crippen molar-refractivity contribution in [3.05, 3.63) is 18.3 Å². The van der Waals surface area contributed by atoms with Crippen LogP contribution in [0.4, 0.5) is 10.1 Å². The summed E-state index contributed by atoms with van der Waals surface area (Å²) in [6.45, 7) is 5.67. The van der Waals surface area contributed by atoms with E-state index in [4.69, 9.17) is 5.73 Å². The molecule has 0 spiro atoms. The molecule has 80 valence electrons. The number of rotatable bonds is 0. The van der Waals surface area contributed by atoms with Gasteiger partial charge in [-0.15, -0.1) is 0 Å². The first-order chi connectivity index (χ1) is 6.91. The maximum absolute atomic E-state index is 13.6. The molecule has 0 unspecified atom stereocenters. The van der Waals surface area contributed by atoms with Gasteiger partial charge in [0.2, 0.25) is 0 Å². The van der Waals surface area contributed by atoms with Gasteiger partial charge in [0.05, 0.1) is 5.69 Å². The zero-order chi connectivity index (χ0) is 11.2. The monoisotopic (exact) mass is 208 g/mol. The Morgan fingerprint density at radius 3 is 2.67 bits per heavy atom. The molecule has 0 saturated heterocycles. The highest BCUT2D eigenvalue weighted by Crippen LogP contribution is 2.25. The van der Waals surface area contributed by atoms with Gasteiger partial charge in [-0.3, -0.25) is 4.57 Å². The predicted molar refractivity (Wildman–Crippen MR) is 56.9 cm³/mol. The largest absolute Gasteiger partial charge is 0.397 e. The van der Waals surface area contributed by atoms with Gasteiger partial charge in [-0.1, -0.05) is 0 Å². The highest BCUT2D eigenvalue weighted by atomic mass is 19.1. The number of nitrogen functional groups attached to an aromatic ring is 1. The Labute approximate surface area is 86.9 Å². The van der Waals surface area contributed by atoms with Crippen LogP contribution in [0, 0.1) is 6.08 Å². The van der Waals surface area contributed by atoms with Gasteiger partial charge in [0.25, 0.3) is 6.08 Å². The number of nitrogens with zero attached hydrogens (tertiary/aromatic N) is 3. The zero-order valence-electron chi connectivity index (χ0n) is 8.95. The fourth-order valence-corrected chi connectivity index (χ4v) is 1.56. The van der Waals surface area contributed by atoms with Gasteiger partial charge in [-0.25, -0.2) is 4.98 Å². The van der Waals surface area contributed by atoms with Crippen molar-refractivity contribution in [1.82, 2.24) is 14.5 Å². The van der Waals surface area contributed by atoms with E-state index in [-0.39, 0.29) is 0 Å². The first-order valence-electron chi connectivity index (χ1n) is 4.70. The third-order valence-corrected chi connectivity index (χ3v) is 2.21. The molecule has 0 aromatic carbocycles. The summed E-state index contributed by atoms with van der Waals surface area (Å²) in [5, 5.41) is 0. The van der Waals surface area contributed by atoms with E-state index in [0.29, 0.717) is 16.9 Å². The fraction of sp³-hybridized carbons (Fsp3) is 0.400. The molecule has 0 saturated carbocycles. The molecule has 15 heavy (non-hydrogen) atoms. The number of aromatic nitrogens is 3. The van der Waals surface area contributed by atoms with Crippen molar-refractivity contribution in [2.24, 2.45) is 0 Å². The summed E-state index contributed by atoms with van der Waals surface area (Å²) in [5.74, 6) is 0. The minimum absolute atomic E-state index is 0.403. The smallest absolute Gasteiger partial charge is 0.292 e. The Kier molecular flexibility index (Phi) is 1.92. The highest BCUT2D eigenvalue weighted by Gasteiger charge is 2.23. The Hall–Kier alpha value is -1.65. The van der Waals surface area contributed by atoms with E-state index in [9.17, 15) is 4.39 Å². The van der Waals surface area contributed by atoms with Gasteiger partial charge in [0.15, 0.2) is 5.65 Å². The first-order valence-corrected chi connectivity index (χ1v) is 4.70. The number of imidazole rings is 1. The van der Waals surface area contributed by atoms with Crippen molar-refractivity contribution in [3.63, 3.8) is 0 Å². The van der Waals surface area contributed by atoms with E-state index < -0.39 is 11.6 Å². The normalized spacial score (nSPS) is 12.3. The summed E-state index contributed by atoms with van der Waals surface area (Å²) in [5.41, 5.74) is 6.65. The standard InChI is InChI=1S/C10H13FN4/c1-10(2,3)15-8-7(14-9(15)11)6(12)4-5-13-8/h4-5H,1-3H3,(H2,12,13). The summed E-state index contributed by atoms with van der Waals surface area (Å²) in [7, 11) is 0. The molecular formula is C10H13FN4. The average Bonchev–Trinajstić information content (AvgIpc) is 2.41. The molecule has 0 bridgehead atoms. The second-order valence-electron chi connectivity index (χ2n) is 4.46. The lowest BCUT2D eigenvalue weighted by atomic mass is 10.1. The topological polar surface area (TPSA) is 56.7 Å². The zero-order valence-corrected chi connectivity index (χ0v) is 8.95. The third kappa shape index (κ3) is 1.44. The van der Waals surface area contributed by atoms with Crippen LogP contribution in [0.25, 0.3) is 11.2 Å². The fourth-order valence-electron chi connectivity index (χ4n) is 1.56. The molecule has 5 heteroatoms. The van der Waals surface area contributed by atoms with E-state index in [1.807, 2.05) is 20.8 Å². The number of hydrogen-bond acceptors (Lipinski definition) is 3. The number of nitrogens with two attached hydrogens (primary N) is 1.